The smallest absolute Gasteiger partial charge is 0.381 e. The molecule has 1 amide bonds. The SMILES string of the molecule is Cl.NC1(C(=O)Nc2ccc(Cl)c(C(F)(F)F)c2)CCOCC1. The molecule has 0 unspecified atom stereocenters. The Bertz CT molecular complexity index is 547. The molecule has 22 heavy (non-hydrogen) atoms. The molecule has 1 aliphatic rings. The van der Waals surface area contributed by atoms with Crippen molar-refractivity contribution in [3.63, 3.8) is 0 Å². The molecule has 1 fully saturated rings. The number of hydrogen-bond acceptors (Lipinski definition) is 3. The summed E-state index contributed by atoms with van der Waals surface area (Å²) in [6.07, 6.45) is -3.95. The maximum atomic E-state index is 12.8. The fourth-order valence-electron chi connectivity index (χ4n) is 2.04. The lowest BCUT2D eigenvalue weighted by Gasteiger charge is -2.31. The lowest BCUT2D eigenvalue weighted by molar-refractivity contribution is -0.137. The molecule has 9 heteroatoms. The van der Waals surface area contributed by atoms with Crippen LogP contribution >= 0.6 is 24.0 Å². The Morgan fingerprint density at radius 3 is 2.45 bits per heavy atom. The van der Waals surface area contributed by atoms with Crippen LogP contribution in [0.2, 0.25) is 5.02 Å². The zero-order valence-electron chi connectivity index (χ0n) is 11.4. The first kappa shape index (κ1) is 19.0. The molecule has 2 rings (SSSR count). The fraction of sp³-hybridized carbons (Fsp3) is 0.462. The van der Waals surface area contributed by atoms with Crippen LogP contribution in [-0.4, -0.2) is 24.7 Å². The van der Waals surface area contributed by atoms with Gasteiger partial charge in [0, 0.05) is 18.9 Å². The van der Waals surface area contributed by atoms with E-state index < -0.39 is 28.2 Å². The second-order valence-electron chi connectivity index (χ2n) is 4.92. The molecule has 1 saturated heterocycles. The zero-order chi connectivity index (χ0) is 15.7. The lowest BCUT2D eigenvalue weighted by Crippen LogP contribution is -2.54. The van der Waals surface area contributed by atoms with Gasteiger partial charge in [-0.05, 0) is 31.0 Å². The molecule has 124 valence electrons. The molecule has 0 saturated carbocycles. The highest BCUT2D eigenvalue weighted by Crippen LogP contribution is 2.36. The third-order valence-electron chi connectivity index (χ3n) is 3.37. The van der Waals surface area contributed by atoms with Gasteiger partial charge in [0.05, 0.1) is 10.6 Å². The summed E-state index contributed by atoms with van der Waals surface area (Å²) in [6.45, 7) is 0.691. The molecule has 0 aliphatic carbocycles. The van der Waals surface area contributed by atoms with Crippen LogP contribution in [0.25, 0.3) is 0 Å². The van der Waals surface area contributed by atoms with Gasteiger partial charge in [-0.2, -0.15) is 13.2 Å². The molecular weight excluding hydrogens is 344 g/mol. The first-order valence-electron chi connectivity index (χ1n) is 6.27. The minimum absolute atomic E-state index is 0. The van der Waals surface area contributed by atoms with Gasteiger partial charge >= 0.3 is 6.18 Å². The highest BCUT2D eigenvalue weighted by atomic mass is 35.5. The van der Waals surface area contributed by atoms with Crippen LogP contribution in [0.5, 0.6) is 0 Å². The average Bonchev–Trinajstić information content (AvgIpc) is 2.40. The Morgan fingerprint density at radius 2 is 1.91 bits per heavy atom. The first-order chi connectivity index (χ1) is 9.72. The van der Waals surface area contributed by atoms with E-state index in [0.29, 0.717) is 26.1 Å². The van der Waals surface area contributed by atoms with Crippen LogP contribution in [-0.2, 0) is 15.7 Å². The third-order valence-corrected chi connectivity index (χ3v) is 3.70. The van der Waals surface area contributed by atoms with Crippen LogP contribution in [0.3, 0.4) is 0 Å². The molecule has 0 radical (unpaired) electrons. The Hall–Kier alpha value is -1.02. The average molecular weight is 359 g/mol. The number of nitrogens with one attached hydrogen (secondary N) is 1. The van der Waals surface area contributed by atoms with Crippen molar-refractivity contribution >= 4 is 35.6 Å². The zero-order valence-corrected chi connectivity index (χ0v) is 12.9. The second-order valence-corrected chi connectivity index (χ2v) is 5.32. The molecular formula is C13H15Cl2F3N2O2. The number of hydrogen-bond donors (Lipinski definition) is 2. The van der Waals surface area contributed by atoms with Crippen LogP contribution in [0, 0.1) is 0 Å². The third kappa shape index (κ3) is 4.25. The van der Waals surface area contributed by atoms with Gasteiger partial charge in [0.2, 0.25) is 5.91 Å². The number of benzene rings is 1. The van der Waals surface area contributed by atoms with Crippen LogP contribution < -0.4 is 11.1 Å². The monoisotopic (exact) mass is 358 g/mol. The number of anilines is 1. The van der Waals surface area contributed by atoms with Gasteiger partial charge in [-0.15, -0.1) is 12.4 Å². The van der Waals surface area contributed by atoms with Crippen LogP contribution in [0.4, 0.5) is 18.9 Å². The van der Waals surface area contributed by atoms with E-state index in [-0.39, 0.29) is 18.1 Å². The topological polar surface area (TPSA) is 64.4 Å². The number of amides is 1. The van der Waals surface area contributed by atoms with Crippen molar-refractivity contribution < 1.29 is 22.7 Å². The molecule has 1 aliphatic heterocycles. The largest absolute Gasteiger partial charge is 0.417 e. The molecule has 0 bridgehead atoms. The van der Waals surface area contributed by atoms with E-state index in [1.807, 2.05) is 0 Å². The summed E-state index contributed by atoms with van der Waals surface area (Å²) in [5, 5.41) is 1.99. The molecule has 1 aromatic carbocycles. The molecule has 0 aromatic heterocycles. The van der Waals surface area contributed by atoms with E-state index >= 15 is 0 Å². The van der Waals surface area contributed by atoms with Crippen LogP contribution in [0.15, 0.2) is 18.2 Å². The van der Waals surface area contributed by atoms with Crippen molar-refractivity contribution in [2.24, 2.45) is 5.73 Å². The van der Waals surface area contributed by atoms with Crippen molar-refractivity contribution in [3.8, 4) is 0 Å². The quantitative estimate of drug-likeness (QED) is 0.852. The van der Waals surface area contributed by atoms with Gasteiger partial charge in [-0.25, -0.2) is 0 Å². The molecule has 0 atom stereocenters. The summed E-state index contributed by atoms with van der Waals surface area (Å²) in [7, 11) is 0. The highest BCUT2D eigenvalue weighted by Gasteiger charge is 2.37. The fourth-order valence-corrected chi connectivity index (χ4v) is 2.26. The van der Waals surface area contributed by atoms with E-state index in [1.165, 1.54) is 6.07 Å². The first-order valence-corrected chi connectivity index (χ1v) is 6.65. The summed E-state index contributed by atoms with van der Waals surface area (Å²) < 4.78 is 43.4. The van der Waals surface area contributed by atoms with Crippen molar-refractivity contribution in [1.29, 1.82) is 0 Å². The summed E-state index contributed by atoms with van der Waals surface area (Å²) >= 11 is 5.52. The number of nitrogens with two attached hydrogens (primary N) is 1. The number of ether oxygens (including phenoxy) is 1. The van der Waals surface area contributed by atoms with Crippen LogP contribution in [0.1, 0.15) is 18.4 Å². The maximum absolute atomic E-state index is 12.8. The predicted octanol–water partition coefficient (Wildman–Crippen LogP) is 3.23. The number of rotatable bonds is 2. The van der Waals surface area contributed by atoms with E-state index in [2.05, 4.69) is 5.32 Å². The van der Waals surface area contributed by atoms with Crippen molar-refractivity contribution in [3.05, 3.63) is 28.8 Å². The number of alkyl halides is 3. The van der Waals surface area contributed by atoms with Crippen molar-refractivity contribution in [2.75, 3.05) is 18.5 Å². The Labute approximate surface area is 136 Å². The molecule has 0 spiro atoms. The van der Waals surface area contributed by atoms with Gasteiger partial charge in [0.1, 0.15) is 5.54 Å². The summed E-state index contributed by atoms with van der Waals surface area (Å²) in [6, 6.07) is 3.19. The van der Waals surface area contributed by atoms with Gasteiger partial charge in [0.25, 0.3) is 0 Å². The number of halogens is 5. The van der Waals surface area contributed by atoms with Crippen molar-refractivity contribution in [1.82, 2.24) is 0 Å². The Balaban J connectivity index is 0.00000242. The van der Waals surface area contributed by atoms with E-state index in [9.17, 15) is 18.0 Å². The molecule has 1 aromatic rings. The summed E-state index contributed by atoms with van der Waals surface area (Å²) in [5.41, 5.74) is 3.84. The maximum Gasteiger partial charge on any atom is 0.417 e. The van der Waals surface area contributed by atoms with Gasteiger partial charge in [0.15, 0.2) is 0 Å². The minimum Gasteiger partial charge on any atom is -0.381 e. The predicted molar refractivity (Wildman–Crippen MR) is 79.3 cm³/mol. The Kier molecular flexibility index (Phi) is 6.09. The van der Waals surface area contributed by atoms with Gasteiger partial charge < -0.3 is 15.8 Å². The van der Waals surface area contributed by atoms with Gasteiger partial charge in [-0.3, -0.25) is 4.79 Å². The molecule has 3 N–H and O–H groups in total. The summed E-state index contributed by atoms with van der Waals surface area (Å²) in [5.74, 6) is -0.527. The molecule has 1 heterocycles. The van der Waals surface area contributed by atoms with E-state index in [1.54, 1.807) is 0 Å². The van der Waals surface area contributed by atoms with E-state index in [0.717, 1.165) is 12.1 Å². The standard InChI is InChI=1S/C13H14ClF3N2O2.ClH/c14-10-2-1-8(7-9(10)13(15,16)17)19-11(20)12(18)3-5-21-6-4-12;/h1-2,7H,3-6,18H2,(H,19,20);1H. The number of carbonyl (C=O) groups excluding carboxylic acids is 1. The second kappa shape index (κ2) is 7.04. The van der Waals surface area contributed by atoms with Gasteiger partial charge in [-0.1, -0.05) is 11.6 Å². The van der Waals surface area contributed by atoms with E-state index in [4.69, 9.17) is 22.1 Å². The highest BCUT2D eigenvalue weighted by molar-refractivity contribution is 6.31. The minimum atomic E-state index is -4.59. The lowest BCUT2D eigenvalue weighted by atomic mass is 9.90. The molecule has 4 nitrogen and oxygen atoms in total. The normalized spacial score (nSPS) is 17.5. The van der Waals surface area contributed by atoms with Crippen molar-refractivity contribution in [2.45, 2.75) is 24.6 Å². The summed E-state index contributed by atoms with van der Waals surface area (Å²) in [4.78, 5) is 12.1. The number of carbonyl (C=O) groups is 1. The Morgan fingerprint density at radius 1 is 1.32 bits per heavy atom.